The molecule has 0 aromatic heterocycles. The topological polar surface area (TPSA) is 57.7 Å². The van der Waals surface area contributed by atoms with Gasteiger partial charge in [-0.1, -0.05) is 23.9 Å². The van der Waals surface area contributed by atoms with Crippen LogP contribution in [-0.2, 0) is 20.8 Å². The molecule has 6 heteroatoms. The molecule has 5 nitrogen and oxygen atoms in total. The number of carbonyl (C=O) groups excluding carboxylic acids is 3. The Bertz CT molecular complexity index is 601. The number of hydrogen-bond acceptors (Lipinski definition) is 4. The minimum Gasteiger partial charge on any atom is -0.349 e. The van der Waals surface area contributed by atoms with Crippen LogP contribution in [-0.4, -0.2) is 47.7 Å². The first-order chi connectivity index (χ1) is 10.4. The van der Waals surface area contributed by atoms with E-state index in [1.54, 1.807) is 23.9 Å². The molecule has 0 bridgehead atoms. The summed E-state index contributed by atoms with van der Waals surface area (Å²) < 4.78 is 0. The average Bonchev–Trinajstić information content (AvgIpc) is 2.78. The van der Waals surface area contributed by atoms with Crippen molar-refractivity contribution >= 4 is 34.4 Å². The Hall–Kier alpha value is -1.82. The molecule has 1 aliphatic rings. The molecular formula is C16H20N2O3S. The molecule has 2 amide bonds. The summed E-state index contributed by atoms with van der Waals surface area (Å²) >= 11 is 1.22. The maximum atomic E-state index is 12.1. The van der Waals surface area contributed by atoms with E-state index in [0.717, 1.165) is 11.3 Å². The molecule has 1 aromatic rings. The van der Waals surface area contributed by atoms with Crippen molar-refractivity contribution in [3.05, 3.63) is 29.8 Å². The number of likely N-dealkylation sites (N-methyl/N-ethyl adjacent to an activating group) is 1. The van der Waals surface area contributed by atoms with E-state index in [9.17, 15) is 14.4 Å². The summed E-state index contributed by atoms with van der Waals surface area (Å²) in [6.07, 6.45) is 0.694. The molecule has 1 aromatic carbocycles. The molecule has 118 valence electrons. The van der Waals surface area contributed by atoms with Crippen molar-refractivity contribution in [3.63, 3.8) is 0 Å². The molecule has 1 heterocycles. The minimum absolute atomic E-state index is 0.0112. The molecule has 22 heavy (non-hydrogen) atoms. The van der Waals surface area contributed by atoms with Gasteiger partial charge in [0.25, 0.3) is 0 Å². The zero-order valence-corrected chi connectivity index (χ0v) is 13.9. The monoisotopic (exact) mass is 320 g/mol. The predicted molar refractivity (Wildman–Crippen MR) is 87.9 cm³/mol. The van der Waals surface area contributed by atoms with Crippen LogP contribution in [0.5, 0.6) is 0 Å². The Morgan fingerprint density at radius 2 is 2.09 bits per heavy atom. The fourth-order valence-corrected chi connectivity index (χ4v) is 3.32. The Morgan fingerprint density at radius 1 is 1.36 bits per heavy atom. The summed E-state index contributed by atoms with van der Waals surface area (Å²) in [4.78, 5) is 38.3. The summed E-state index contributed by atoms with van der Waals surface area (Å²) in [5.41, 5.74) is 1.67. The minimum atomic E-state index is 0.0112. The van der Waals surface area contributed by atoms with Gasteiger partial charge in [-0.3, -0.25) is 14.4 Å². The summed E-state index contributed by atoms with van der Waals surface area (Å²) in [5, 5.41) is 0.0436. The van der Waals surface area contributed by atoms with Crippen molar-refractivity contribution in [3.8, 4) is 0 Å². The van der Waals surface area contributed by atoms with Crippen LogP contribution in [0.2, 0.25) is 0 Å². The van der Waals surface area contributed by atoms with E-state index in [1.807, 2.05) is 24.3 Å². The van der Waals surface area contributed by atoms with Crippen molar-refractivity contribution in [2.24, 2.45) is 0 Å². The quantitative estimate of drug-likeness (QED) is 0.847. The fourth-order valence-electron chi connectivity index (χ4n) is 2.41. The van der Waals surface area contributed by atoms with Gasteiger partial charge in [0, 0.05) is 44.9 Å². The van der Waals surface area contributed by atoms with Gasteiger partial charge in [0.15, 0.2) is 5.12 Å². The zero-order valence-electron chi connectivity index (χ0n) is 13.0. The highest BCUT2D eigenvalue weighted by atomic mass is 32.2. The molecule has 0 saturated carbocycles. The van der Waals surface area contributed by atoms with Crippen molar-refractivity contribution in [1.82, 2.24) is 4.90 Å². The number of amides is 2. The second-order valence-electron chi connectivity index (χ2n) is 5.57. The first-order valence-corrected chi connectivity index (χ1v) is 8.01. The van der Waals surface area contributed by atoms with E-state index >= 15 is 0 Å². The van der Waals surface area contributed by atoms with Gasteiger partial charge in [-0.05, 0) is 17.7 Å². The van der Waals surface area contributed by atoms with Gasteiger partial charge in [0.1, 0.15) is 0 Å². The number of thioether (sulfide) groups is 1. The van der Waals surface area contributed by atoms with Crippen LogP contribution in [0.3, 0.4) is 0 Å². The molecule has 1 saturated heterocycles. The van der Waals surface area contributed by atoms with Crippen LogP contribution < -0.4 is 4.90 Å². The number of benzene rings is 1. The third-order valence-electron chi connectivity index (χ3n) is 3.50. The molecular weight excluding hydrogens is 300 g/mol. The SMILES string of the molecule is CC(=O)SC1CC(=O)N(c2cccc(CC(=O)N(C)C)c2)C1. The van der Waals surface area contributed by atoms with E-state index in [2.05, 4.69) is 0 Å². The van der Waals surface area contributed by atoms with Crippen LogP contribution in [0, 0.1) is 0 Å². The van der Waals surface area contributed by atoms with Crippen molar-refractivity contribution in [2.75, 3.05) is 25.5 Å². The highest BCUT2D eigenvalue weighted by Crippen LogP contribution is 2.29. The number of anilines is 1. The first kappa shape index (κ1) is 16.5. The van der Waals surface area contributed by atoms with Gasteiger partial charge in [-0.2, -0.15) is 0 Å². The average molecular weight is 320 g/mol. The van der Waals surface area contributed by atoms with Gasteiger partial charge >= 0.3 is 0 Å². The molecule has 0 radical (unpaired) electrons. The molecule has 1 aliphatic heterocycles. The summed E-state index contributed by atoms with van der Waals surface area (Å²) in [6, 6.07) is 7.47. The Balaban J connectivity index is 2.11. The number of carbonyl (C=O) groups is 3. The van der Waals surface area contributed by atoms with Gasteiger partial charge < -0.3 is 9.80 Å². The van der Waals surface area contributed by atoms with Crippen molar-refractivity contribution in [1.29, 1.82) is 0 Å². The van der Waals surface area contributed by atoms with Crippen LogP contribution in [0.25, 0.3) is 0 Å². The van der Waals surface area contributed by atoms with Crippen LogP contribution in [0.4, 0.5) is 5.69 Å². The lowest BCUT2D eigenvalue weighted by Gasteiger charge is -2.18. The maximum Gasteiger partial charge on any atom is 0.228 e. The third kappa shape index (κ3) is 4.10. The first-order valence-electron chi connectivity index (χ1n) is 7.13. The summed E-state index contributed by atoms with van der Waals surface area (Å²) in [7, 11) is 3.44. The Morgan fingerprint density at radius 3 is 2.73 bits per heavy atom. The number of nitrogens with zero attached hydrogens (tertiary/aromatic N) is 2. The van der Waals surface area contributed by atoms with Gasteiger partial charge in [0.2, 0.25) is 11.8 Å². The van der Waals surface area contributed by atoms with Crippen LogP contribution in [0.15, 0.2) is 24.3 Å². The maximum absolute atomic E-state index is 12.1. The normalized spacial score (nSPS) is 17.7. The third-order valence-corrected chi connectivity index (χ3v) is 4.48. The highest BCUT2D eigenvalue weighted by molar-refractivity contribution is 8.14. The second kappa shape index (κ2) is 6.96. The van der Waals surface area contributed by atoms with E-state index in [0.29, 0.717) is 19.4 Å². The number of hydrogen-bond donors (Lipinski definition) is 0. The molecule has 1 unspecified atom stereocenters. The van der Waals surface area contributed by atoms with E-state index in [-0.39, 0.29) is 22.2 Å². The Labute approximate surface area is 134 Å². The lowest BCUT2D eigenvalue weighted by atomic mass is 10.1. The lowest BCUT2D eigenvalue weighted by molar-refractivity contribution is -0.128. The van der Waals surface area contributed by atoms with Crippen molar-refractivity contribution < 1.29 is 14.4 Å². The number of rotatable bonds is 4. The molecule has 1 atom stereocenters. The van der Waals surface area contributed by atoms with E-state index in [1.165, 1.54) is 18.7 Å². The van der Waals surface area contributed by atoms with Gasteiger partial charge in [-0.15, -0.1) is 0 Å². The van der Waals surface area contributed by atoms with E-state index < -0.39 is 0 Å². The van der Waals surface area contributed by atoms with Crippen molar-refractivity contribution in [2.45, 2.75) is 25.0 Å². The molecule has 1 fully saturated rings. The molecule has 0 spiro atoms. The van der Waals surface area contributed by atoms with Crippen LogP contribution in [0.1, 0.15) is 18.9 Å². The van der Waals surface area contributed by atoms with Crippen LogP contribution >= 0.6 is 11.8 Å². The molecule has 2 rings (SSSR count). The standard InChI is InChI=1S/C16H20N2O3S/c1-11(19)22-14-9-16(21)18(10-14)13-6-4-5-12(7-13)8-15(20)17(2)3/h4-7,14H,8-10H2,1-3H3. The summed E-state index contributed by atoms with van der Waals surface area (Å²) in [5.74, 6) is 0.0461. The van der Waals surface area contributed by atoms with Gasteiger partial charge in [0.05, 0.1) is 6.42 Å². The summed E-state index contributed by atoms with van der Waals surface area (Å²) in [6.45, 7) is 2.06. The highest BCUT2D eigenvalue weighted by Gasteiger charge is 2.31. The largest absolute Gasteiger partial charge is 0.349 e. The second-order valence-corrected chi connectivity index (χ2v) is 7.05. The Kier molecular flexibility index (Phi) is 5.24. The molecule has 0 N–H and O–H groups in total. The van der Waals surface area contributed by atoms with E-state index in [4.69, 9.17) is 0 Å². The van der Waals surface area contributed by atoms with Gasteiger partial charge in [-0.25, -0.2) is 0 Å². The zero-order chi connectivity index (χ0) is 16.3. The predicted octanol–water partition coefficient (Wildman–Crippen LogP) is 1.70. The smallest absolute Gasteiger partial charge is 0.228 e. The fraction of sp³-hybridized carbons (Fsp3) is 0.438. The molecule has 0 aliphatic carbocycles. The lowest BCUT2D eigenvalue weighted by Crippen LogP contribution is -2.26.